The maximum absolute atomic E-state index is 13.0. The number of nitro benzene ring substituents is 1. The summed E-state index contributed by atoms with van der Waals surface area (Å²) < 4.78 is 1.95. The van der Waals surface area contributed by atoms with Crippen molar-refractivity contribution in [2.45, 2.75) is 6.54 Å². The summed E-state index contributed by atoms with van der Waals surface area (Å²) in [4.78, 5) is 36.3. The lowest BCUT2D eigenvalue weighted by Gasteiger charge is -2.13. The van der Waals surface area contributed by atoms with Crippen LogP contribution in [-0.4, -0.2) is 21.3 Å². The number of anilines is 1. The summed E-state index contributed by atoms with van der Waals surface area (Å²) in [5.41, 5.74) is 5.63. The molecule has 2 heterocycles. The van der Waals surface area contributed by atoms with Crippen LogP contribution >= 0.6 is 0 Å². The van der Waals surface area contributed by atoms with Crippen LogP contribution in [-0.2, 0) is 16.1 Å². The highest BCUT2D eigenvalue weighted by molar-refractivity contribution is 6.32. The molecule has 1 saturated heterocycles. The number of nitro groups is 1. The van der Waals surface area contributed by atoms with Gasteiger partial charge in [-0.25, -0.2) is 5.01 Å². The molecule has 1 fully saturated rings. The van der Waals surface area contributed by atoms with Crippen molar-refractivity contribution >= 4 is 40.2 Å². The van der Waals surface area contributed by atoms with E-state index >= 15 is 0 Å². The first-order valence-electron chi connectivity index (χ1n) is 10.2. The topological polar surface area (TPSA) is 97.5 Å². The van der Waals surface area contributed by atoms with Crippen molar-refractivity contribution in [2.24, 2.45) is 0 Å². The van der Waals surface area contributed by atoms with Crippen LogP contribution in [0.1, 0.15) is 11.1 Å². The number of amides is 2. The molecule has 1 aliphatic rings. The number of nitrogens with one attached hydrogen (secondary N) is 1. The van der Waals surface area contributed by atoms with Crippen molar-refractivity contribution in [3.05, 3.63) is 112 Å². The molecule has 0 radical (unpaired) electrons. The number of carbonyl (C=O) groups is 2. The van der Waals surface area contributed by atoms with E-state index in [1.165, 1.54) is 11.1 Å². The molecular weight excluding hydrogens is 420 g/mol. The van der Waals surface area contributed by atoms with Gasteiger partial charge in [0.2, 0.25) is 0 Å². The highest BCUT2D eigenvalue weighted by Gasteiger charge is 2.34. The molecule has 4 aromatic rings. The second-order valence-corrected chi connectivity index (χ2v) is 7.63. The van der Waals surface area contributed by atoms with Crippen molar-refractivity contribution in [2.75, 3.05) is 5.01 Å². The van der Waals surface area contributed by atoms with Crippen molar-refractivity contribution in [1.29, 1.82) is 0 Å². The zero-order chi connectivity index (χ0) is 22.9. The minimum atomic E-state index is -0.473. The molecule has 162 valence electrons. The number of benzene rings is 3. The summed E-state index contributed by atoms with van der Waals surface area (Å²) in [6.07, 6.45) is 3.44. The molecule has 1 aromatic heterocycles. The first-order valence-corrected chi connectivity index (χ1v) is 10.2. The molecule has 3 aromatic carbocycles. The first-order chi connectivity index (χ1) is 16.0. The second kappa shape index (κ2) is 8.08. The zero-order valence-corrected chi connectivity index (χ0v) is 17.3. The van der Waals surface area contributed by atoms with E-state index in [1.807, 2.05) is 47.2 Å². The number of para-hydroxylation sites is 2. The predicted molar refractivity (Wildman–Crippen MR) is 124 cm³/mol. The van der Waals surface area contributed by atoms with Crippen molar-refractivity contribution < 1.29 is 14.5 Å². The Kier molecular flexibility index (Phi) is 4.95. The van der Waals surface area contributed by atoms with Crippen molar-refractivity contribution in [3.63, 3.8) is 0 Å². The molecule has 0 atom stereocenters. The number of fused-ring (bicyclic) bond motifs is 1. The van der Waals surface area contributed by atoms with Crippen molar-refractivity contribution in [3.8, 4) is 0 Å². The van der Waals surface area contributed by atoms with E-state index in [1.54, 1.807) is 42.5 Å². The van der Waals surface area contributed by atoms with Gasteiger partial charge in [0.25, 0.3) is 17.5 Å². The SMILES string of the molecule is O=C1NN(c2ccccc2)C(=O)/C1=C\c1cn(Cc2cccc([N+](=O)[O-])c2)c2ccccc12. The molecule has 33 heavy (non-hydrogen) atoms. The van der Waals surface area contributed by atoms with Gasteiger partial charge in [-0.15, -0.1) is 0 Å². The van der Waals surface area contributed by atoms with Crippen LogP contribution in [0, 0.1) is 10.1 Å². The lowest BCUT2D eigenvalue weighted by Crippen LogP contribution is -2.35. The Hall–Kier alpha value is -4.72. The third kappa shape index (κ3) is 3.74. The molecular formula is C25H18N4O4. The Morgan fingerprint density at radius 2 is 1.70 bits per heavy atom. The molecule has 0 saturated carbocycles. The van der Waals surface area contributed by atoms with E-state index in [2.05, 4.69) is 5.43 Å². The van der Waals surface area contributed by atoms with E-state index in [0.717, 1.165) is 16.5 Å². The quantitative estimate of drug-likeness (QED) is 0.220. The summed E-state index contributed by atoms with van der Waals surface area (Å²) >= 11 is 0. The van der Waals surface area contributed by atoms with Crippen LogP contribution in [0.5, 0.6) is 0 Å². The summed E-state index contributed by atoms with van der Waals surface area (Å²) in [6, 6.07) is 23.0. The Bertz CT molecular complexity index is 1440. The standard InChI is InChI=1S/C25H18N4O4/c30-24-22(25(31)28(26-24)19-8-2-1-3-9-19)14-18-16-27(23-12-5-4-11-21(18)23)15-17-7-6-10-20(13-17)29(32)33/h1-14,16H,15H2,(H,26,30)/b22-14-. The minimum Gasteiger partial charge on any atom is -0.342 e. The van der Waals surface area contributed by atoms with Gasteiger partial charge in [0.1, 0.15) is 5.57 Å². The summed E-state index contributed by atoms with van der Waals surface area (Å²) in [5, 5.41) is 13.2. The van der Waals surface area contributed by atoms with Gasteiger partial charge in [0, 0.05) is 41.3 Å². The van der Waals surface area contributed by atoms with Gasteiger partial charge in [-0.2, -0.15) is 0 Å². The Morgan fingerprint density at radius 3 is 2.48 bits per heavy atom. The van der Waals surface area contributed by atoms with E-state index < -0.39 is 16.7 Å². The fourth-order valence-electron chi connectivity index (χ4n) is 3.96. The average Bonchev–Trinajstić information content (AvgIpc) is 3.32. The van der Waals surface area contributed by atoms with Crippen molar-refractivity contribution in [1.82, 2.24) is 9.99 Å². The highest BCUT2D eigenvalue weighted by atomic mass is 16.6. The van der Waals surface area contributed by atoms with E-state index in [9.17, 15) is 19.7 Å². The van der Waals surface area contributed by atoms with Gasteiger partial charge in [-0.05, 0) is 29.8 Å². The second-order valence-electron chi connectivity index (χ2n) is 7.63. The van der Waals surface area contributed by atoms with E-state index in [0.29, 0.717) is 17.8 Å². The molecule has 2 amide bonds. The van der Waals surface area contributed by atoms with Gasteiger partial charge in [-0.3, -0.25) is 25.1 Å². The molecule has 0 spiro atoms. The molecule has 5 rings (SSSR count). The molecule has 8 nitrogen and oxygen atoms in total. The van der Waals surface area contributed by atoms with Crippen LogP contribution in [0.3, 0.4) is 0 Å². The van der Waals surface area contributed by atoms with Gasteiger partial charge in [0.15, 0.2) is 0 Å². The summed E-state index contributed by atoms with van der Waals surface area (Å²) in [7, 11) is 0. The predicted octanol–water partition coefficient (Wildman–Crippen LogP) is 4.06. The molecule has 0 bridgehead atoms. The molecule has 0 unspecified atom stereocenters. The smallest absolute Gasteiger partial charge is 0.282 e. The molecule has 8 heteroatoms. The molecule has 1 aliphatic heterocycles. The number of hydrazine groups is 1. The highest BCUT2D eigenvalue weighted by Crippen LogP contribution is 2.27. The summed E-state index contributed by atoms with van der Waals surface area (Å²) in [6.45, 7) is 0.404. The van der Waals surface area contributed by atoms with Gasteiger partial charge in [-0.1, -0.05) is 48.5 Å². The maximum Gasteiger partial charge on any atom is 0.282 e. The fraction of sp³-hybridized carbons (Fsp3) is 0.0400. The van der Waals surface area contributed by atoms with Crippen LogP contribution in [0.2, 0.25) is 0 Å². The normalized spacial score (nSPS) is 14.8. The van der Waals surface area contributed by atoms with Crippen LogP contribution in [0.25, 0.3) is 17.0 Å². The zero-order valence-electron chi connectivity index (χ0n) is 17.3. The number of aromatic nitrogens is 1. The molecule has 1 N–H and O–H groups in total. The van der Waals surface area contributed by atoms with Crippen LogP contribution < -0.4 is 10.4 Å². The molecule has 0 aliphatic carbocycles. The van der Waals surface area contributed by atoms with Crippen LogP contribution in [0.4, 0.5) is 11.4 Å². The van der Waals surface area contributed by atoms with Crippen LogP contribution in [0.15, 0.2) is 90.6 Å². The lowest BCUT2D eigenvalue weighted by atomic mass is 10.1. The lowest BCUT2D eigenvalue weighted by molar-refractivity contribution is -0.384. The van der Waals surface area contributed by atoms with Gasteiger partial charge < -0.3 is 4.57 Å². The Morgan fingerprint density at radius 1 is 0.939 bits per heavy atom. The monoisotopic (exact) mass is 438 g/mol. The van der Waals surface area contributed by atoms with E-state index in [-0.39, 0.29) is 11.3 Å². The fourth-order valence-corrected chi connectivity index (χ4v) is 3.96. The third-order valence-corrected chi connectivity index (χ3v) is 5.50. The summed E-state index contributed by atoms with van der Waals surface area (Å²) in [5.74, 6) is -0.902. The number of rotatable bonds is 5. The third-order valence-electron chi connectivity index (χ3n) is 5.50. The number of non-ortho nitro benzene ring substituents is 1. The minimum absolute atomic E-state index is 0.0283. The first kappa shape index (κ1) is 20.2. The average molecular weight is 438 g/mol. The van der Waals surface area contributed by atoms with E-state index in [4.69, 9.17) is 0 Å². The number of nitrogens with zero attached hydrogens (tertiary/aromatic N) is 3. The largest absolute Gasteiger partial charge is 0.342 e. The van der Waals surface area contributed by atoms with Gasteiger partial charge >= 0.3 is 0 Å². The number of hydrogen-bond acceptors (Lipinski definition) is 4. The Balaban J connectivity index is 1.53. The number of carbonyl (C=O) groups excluding carboxylic acids is 2. The number of hydrogen-bond donors (Lipinski definition) is 1. The van der Waals surface area contributed by atoms with Gasteiger partial charge in [0.05, 0.1) is 10.6 Å². The maximum atomic E-state index is 13.0. The Labute approximate surface area is 188 Å².